The van der Waals surface area contributed by atoms with Gasteiger partial charge in [0.1, 0.15) is 0 Å². The zero-order valence-corrected chi connectivity index (χ0v) is 9.92. The van der Waals surface area contributed by atoms with Crippen molar-refractivity contribution in [2.45, 2.75) is 25.8 Å². The molecule has 0 saturated carbocycles. The number of hydrogen-bond donors (Lipinski definition) is 1. The molecule has 0 radical (unpaired) electrons. The van der Waals surface area contributed by atoms with Gasteiger partial charge in [0, 0.05) is 10.6 Å². The third-order valence-electron chi connectivity index (χ3n) is 2.19. The smallest absolute Gasteiger partial charge is 0.252 e. The molecule has 16 heavy (non-hydrogen) atoms. The van der Waals surface area contributed by atoms with Crippen molar-refractivity contribution in [2.24, 2.45) is 0 Å². The molecule has 0 bridgehead atoms. The van der Waals surface area contributed by atoms with E-state index in [9.17, 15) is 4.79 Å². The number of rotatable bonds is 4. The van der Waals surface area contributed by atoms with Crippen LogP contribution in [0.1, 0.15) is 30.1 Å². The SMILES string of the molecule is C#CC(CCC)NC(=O)c1ccc(Cl)cc1. The van der Waals surface area contributed by atoms with Crippen LogP contribution >= 0.6 is 11.6 Å². The summed E-state index contributed by atoms with van der Waals surface area (Å²) >= 11 is 5.74. The third-order valence-corrected chi connectivity index (χ3v) is 2.44. The van der Waals surface area contributed by atoms with Crippen LogP contribution in [0.25, 0.3) is 0 Å². The van der Waals surface area contributed by atoms with Crippen LogP contribution in [0.2, 0.25) is 5.02 Å². The summed E-state index contributed by atoms with van der Waals surface area (Å²) in [5.74, 6) is 2.40. The molecule has 0 aliphatic carbocycles. The molecule has 1 unspecified atom stereocenters. The maximum atomic E-state index is 11.8. The fourth-order valence-electron chi connectivity index (χ4n) is 1.33. The monoisotopic (exact) mass is 235 g/mol. The Kier molecular flexibility index (Phi) is 4.88. The number of terminal acetylenes is 1. The lowest BCUT2D eigenvalue weighted by molar-refractivity contribution is 0.0944. The average Bonchev–Trinajstić information content (AvgIpc) is 2.29. The average molecular weight is 236 g/mol. The van der Waals surface area contributed by atoms with Crippen LogP contribution in [0.15, 0.2) is 24.3 Å². The quantitative estimate of drug-likeness (QED) is 0.799. The van der Waals surface area contributed by atoms with E-state index in [1.807, 2.05) is 6.92 Å². The van der Waals surface area contributed by atoms with Gasteiger partial charge in [-0.1, -0.05) is 30.9 Å². The van der Waals surface area contributed by atoms with Crippen LogP contribution in [0.5, 0.6) is 0 Å². The molecule has 1 aromatic rings. The van der Waals surface area contributed by atoms with Crippen LogP contribution in [0, 0.1) is 12.3 Å². The number of amides is 1. The van der Waals surface area contributed by atoms with E-state index < -0.39 is 0 Å². The highest BCUT2D eigenvalue weighted by atomic mass is 35.5. The van der Waals surface area contributed by atoms with Crippen molar-refractivity contribution < 1.29 is 4.79 Å². The summed E-state index contributed by atoms with van der Waals surface area (Å²) in [6.07, 6.45) is 7.05. The Balaban J connectivity index is 2.65. The summed E-state index contributed by atoms with van der Waals surface area (Å²) in [5.41, 5.74) is 0.570. The second-order valence-electron chi connectivity index (χ2n) is 3.49. The highest BCUT2D eigenvalue weighted by Crippen LogP contribution is 2.09. The molecule has 3 heteroatoms. The maximum absolute atomic E-state index is 11.8. The number of benzene rings is 1. The van der Waals surface area contributed by atoms with E-state index in [-0.39, 0.29) is 11.9 Å². The Bertz CT molecular complexity index is 391. The molecule has 0 aromatic heterocycles. The Morgan fingerprint density at radius 1 is 1.50 bits per heavy atom. The normalized spacial score (nSPS) is 11.6. The molecule has 0 heterocycles. The predicted octanol–water partition coefficient (Wildman–Crippen LogP) is 2.87. The molecule has 1 amide bonds. The van der Waals surface area contributed by atoms with Gasteiger partial charge >= 0.3 is 0 Å². The van der Waals surface area contributed by atoms with Gasteiger partial charge in [-0.05, 0) is 30.7 Å². The zero-order chi connectivity index (χ0) is 12.0. The second kappa shape index (κ2) is 6.19. The summed E-state index contributed by atoms with van der Waals surface area (Å²) in [5, 5.41) is 3.40. The van der Waals surface area contributed by atoms with Crippen LogP contribution in [-0.2, 0) is 0 Å². The first kappa shape index (κ1) is 12.6. The van der Waals surface area contributed by atoms with E-state index in [0.29, 0.717) is 10.6 Å². The number of carbonyl (C=O) groups excluding carboxylic acids is 1. The van der Waals surface area contributed by atoms with Gasteiger partial charge in [0.15, 0.2) is 0 Å². The lowest BCUT2D eigenvalue weighted by Crippen LogP contribution is -2.33. The number of hydrogen-bond acceptors (Lipinski definition) is 1. The Morgan fingerprint density at radius 3 is 2.62 bits per heavy atom. The molecule has 84 valence electrons. The molecular formula is C13H14ClNO. The third kappa shape index (κ3) is 3.60. The largest absolute Gasteiger partial charge is 0.338 e. The molecule has 0 saturated heterocycles. The van der Waals surface area contributed by atoms with Crippen molar-refractivity contribution in [1.29, 1.82) is 0 Å². The van der Waals surface area contributed by atoms with E-state index in [0.717, 1.165) is 12.8 Å². The van der Waals surface area contributed by atoms with Crippen LogP contribution in [0.3, 0.4) is 0 Å². The van der Waals surface area contributed by atoms with Crippen LogP contribution < -0.4 is 5.32 Å². The van der Waals surface area contributed by atoms with Crippen molar-refractivity contribution in [2.75, 3.05) is 0 Å². The number of carbonyl (C=O) groups is 1. The van der Waals surface area contributed by atoms with Gasteiger partial charge in [0.25, 0.3) is 5.91 Å². The molecule has 1 N–H and O–H groups in total. The minimum absolute atomic E-state index is 0.159. The van der Waals surface area contributed by atoms with Crippen molar-refractivity contribution in [3.63, 3.8) is 0 Å². The van der Waals surface area contributed by atoms with Gasteiger partial charge in [-0.3, -0.25) is 4.79 Å². The Labute approximate surface area is 101 Å². The summed E-state index contributed by atoms with van der Waals surface area (Å²) in [6, 6.07) is 6.52. The lowest BCUT2D eigenvalue weighted by Gasteiger charge is -2.11. The highest BCUT2D eigenvalue weighted by Gasteiger charge is 2.10. The fourth-order valence-corrected chi connectivity index (χ4v) is 1.45. The van der Waals surface area contributed by atoms with Gasteiger partial charge in [-0.2, -0.15) is 0 Å². The van der Waals surface area contributed by atoms with Gasteiger partial charge in [0.2, 0.25) is 0 Å². The van der Waals surface area contributed by atoms with Gasteiger partial charge < -0.3 is 5.32 Å². The predicted molar refractivity (Wildman–Crippen MR) is 66.4 cm³/mol. The molecule has 0 aliphatic rings. The van der Waals surface area contributed by atoms with Crippen molar-refractivity contribution >= 4 is 17.5 Å². The molecule has 2 nitrogen and oxygen atoms in total. The Morgan fingerprint density at radius 2 is 2.12 bits per heavy atom. The van der Waals surface area contributed by atoms with Crippen LogP contribution in [0.4, 0.5) is 0 Å². The van der Waals surface area contributed by atoms with Crippen LogP contribution in [-0.4, -0.2) is 11.9 Å². The summed E-state index contributed by atoms with van der Waals surface area (Å²) in [7, 11) is 0. The zero-order valence-electron chi connectivity index (χ0n) is 9.16. The summed E-state index contributed by atoms with van der Waals surface area (Å²) in [4.78, 5) is 11.8. The van der Waals surface area contributed by atoms with E-state index in [1.165, 1.54) is 0 Å². The molecule has 1 rings (SSSR count). The topological polar surface area (TPSA) is 29.1 Å². The van der Waals surface area contributed by atoms with E-state index in [2.05, 4.69) is 11.2 Å². The van der Waals surface area contributed by atoms with Gasteiger partial charge in [-0.25, -0.2) is 0 Å². The van der Waals surface area contributed by atoms with Crippen molar-refractivity contribution in [3.8, 4) is 12.3 Å². The first-order valence-electron chi connectivity index (χ1n) is 5.20. The maximum Gasteiger partial charge on any atom is 0.252 e. The standard InChI is InChI=1S/C13H14ClNO/c1-3-5-12(4-2)15-13(16)10-6-8-11(14)9-7-10/h2,6-9,12H,3,5H2,1H3,(H,15,16). The first-order valence-corrected chi connectivity index (χ1v) is 5.57. The first-order chi connectivity index (χ1) is 7.67. The van der Waals surface area contributed by atoms with Crippen molar-refractivity contribution in [1.82, 2.24) is 5.32 Å². The molecule has 1 aromatic carbocycles. The minimum atomic E-state index is -0.201. The van der Waals surface area contributed by atoms with E-state index in [1.54, 1.807) is 24.3 Å². The second-order valence-corrected chi connectivity index (χ2v) is 3.92. The number of nitrogens with one attached hydrogen (secondary N) is 1. The summed E-state index contributed by atoms with van der Waals surface area (Å²) < 4.78 is 0. The highest BCUT2D eigenvalue weighted by molar-refractivity contribution is 6.30. The van der Waals surface area contributed by atoms with E-state index in [4.69, 9.17) is 18.0 Å². The Hall–Kier alpha value is -1.46. The molecule has 0 aliphatic heterocycles. The van der Waals surface area contributed by atoms with Gasteiger partial charge in [0.05, 0.1) is 6.04 Å². The molecule has 1 atom stereocenters. The minimum Gasteiger partial charge on any atom is -0.338 e. The number of halogens is 1. The van der Waals surface area contributed by atoms with Crippen molar-refractivity contribution in [3.05, 3.63) is 34.9 Å². The fraction of sp³-hybridized carbons (Fsp3) is 0.308. The molecule has 0 spiro atoms. The lowest BCUT2D eigenvalue weighted by atomic mass is 10.1. The molecule has 0 fully saturated rings. The van der Waals surface area contributed by atoms with E-state index >= 15 is 0 Å². The van der Waals surface area contributed by atoms with Gasteiger partial charge in [-0.15, -0.1) is 6.42 Å². The molecular weight excluding hydrogens is 222 g/mol. The summed E-state index contributed by atoms with van der Waals surface area (Å²) in [6.45, 7) is 2.03.